The van der Waals surface area contributed by atoms with E-state index in [2.05, 4.69) is 29.4 Å². The van der Waals surface area contributed by atoms with Gasteiger partial charge < -0.3 is 10.1 Å². The number of nitrogens with zero attached hydrogens (tertiary/aromatic N) is 1. The first kappa shape index (κ1) is 15.0. The molecule has 2 rings (SSSR count). The molecule has 0 fully saturated rings. The molecule has 1 atom stereocenters. The molecule has 1 unspecified atom stereocenters. The number of ether oxygens (including phenoxy) is 1. The molecule has 0 saturated heterocycles. The molecule has 1 heterocycles. The summed E-state index contributed by atoms with van der Waals surface area (Å²) in [7, 11) is 0. The molecule has 0 saturated carbocycles. The lowest BCUT2D eigenvalue weighted by Crippen LogP contribution is -2.23. The Kier molecular flexibility index (Phi) is 5.56. The van der Waals surface area contributed by atoms with Gasteiger partial charge in [-0.2, -0.15) is 0 Å². The van der Waals surface area contributed by atoms with E-state index in [1.807, 2.05) is 37.6 Å². The molecule has 0 aliphatic heterocycles. The van der Waals surface area contributed by atoms with Crippen LogP contribution in [0.1, 0.15) is 43.8 Å². The fourth-order valence-electron chi connectivity index (χ4n) is 2.02. The summed E-state index contributed by atoms with van der Waals surface area (Å²) < 4.78 is 5.69. The summed E-state index contributed by atoms with van der Waals surface area (Å²) in [5, 5.41) is 6.68. The van der Waals surface area contributed by atoms with Crippen LogP contribution in [0.2, 0.25) is 0 Å². The van der Waals surface area contributed by atoms with Gasteiger partial charge in [0, 0.05) is 11.6 Å². The third-order valence-electron chi connectivity index (χ3n) is 2.88. The minimum Gasteiger partial charge on any atom is -0.491 e. The molecule has 0 amide bonds. The Bertz CT molecular complexity index is 494. The van der Waals surface area contributed by atoms with E-state index in [0.717, 1.165) is 23.7 Å². The standard InChI is InChI=1S/C16H22N2OS/c1-4-9-17-15(16-18-10-11-20-16)13-5-7-14(8-6-13)19-12(2)3/h5-8,10-12,15,17H,4,9H2,1-3H3. The van der Waals surface area contributed by atoms with Crippen molar-refractivity contribution in [1.82, 2.24) is 10.3 Å². The number of nitrogens with one attached hydrogen (secondary N) is 1. The van der Waals surface area contributed by atoms with Crippen LogP contribution in [0, 0.1) is 0 Å². The Morgan fingerprint density at radius 1 is 1.25 bits per heavy atom. The van der Waals surface area contributed by atoms with Crippen molar-refractivity contribution in [3.8, 4) is 5.75 Å². The molecule has 20 heavy (non-hydrogen) atoms. The van der Waals surface area contributed by atoms with Crippen LogP contribution in [0.5, 0.6) is 5.75 Å². The number of benzene rings is 1. The molecule has 0 aliphatic carbocycles. The fourth-order valence-corrected chi connectivity index (χ4v) is 2.76. The fraction of sp³-hybridized carbons (Fsp3) is 0.438. The van der Waals surface area contributed by atoms with Crippen molar-refractivity contribution >= 4 is 11.3 Å². The second-order valence-corrected chi connectivity index (χ2v) is 5.92. The summed E-state index contributed by atoms with van der Waals surface area (Å²) in [5.41, 5.74) is 1.23. The molecule has 2 aromatic rings. The molecular formula is C16H22N2OS. The van der Waals surface area contributed by atoms with Crippen LogP contribution in [-0.4, -0.2) is 17.6 Å². The maximum atomic E-state index is 5.69. The molecule has 1 N–H and O–H groups in total. The van der Waals surface area contributed by atoms with Crippen LogP contribution in [-0.2, 0) is 0 Å². The maximum absolute atomic E-state index is 5.69. The molecule has 3 nitrogen and oxygen atoms in total. The molecule has 1 aromatic carbocycles. The first-order valence-electron chi connectivity index (χ1n) is 7.10. The summed E-state index contributed by atoms with van der Waals surface area (Å²) in [6.45, 7) is 7.23. The molecule has 108 valence electrons. The average molecular weight is 290 g/mol. The first-order valence-corrected chi connectivity index (χ1v) is 7.98. The second-order valence-electron chi connectivity index (χ2n) is 4.99. The van der Waals surface area contributed by atoms with Crippen molar-refractivity contribution < 1.29 is 4.74 Å². The third kappa shape index (κ3) is 4.05. The highest BCUT2D eigenvalue weighted by Gasteiger charge is 2.15. The van der Waals surface area contributed by atoms with E-state index in [-0.39, 0.29) is 12.1 Å². The van der Waals surface area contributed by atoms with Crippen molar-refractivity contribution in [2.45, 2.75) is 39.3 Å². The van der Waals surface area contributed by atoms with Gasteiger partial charge in [-0.15, -0.1) is 11.3 Å². The van der Waals surface area contributed by atoms with Gasteiger partial charge in [0.2, 0.25) is 0 Å². The van der Waals surface area contributed by atoms with Crippen LogP contribution < -0.4 is 10.1 Å². The van der Waals surface area contributed by atoms with Gasteiger partial charge in [-0.1, -0.05) is 19.1 Å². The number of hydrogen-bond acceptors (Lipinski definition) is 4. The van der Waals surface area contributed by atoms with E-state index in [1.54, 1.807) is 11.3 Å². The Labute approximate surface area is 125 Å². The molecule has 0 spiro atoms. The van der Waals surface area contributed by atoms with E-state index in [9.17, 15) is 0 Å². The third-order valence-corrected chi connectivity index (χ3v) is 3.72. The van der Waals surface area contributed by atoms with Crippen LogP contribution in [0.3, 0.4) is 0 Å². The normalized spacial score (nSPS) is 12.6. The average Bonchev–Trinajstić information content (AvgIpc) is 2.94. The molecular weight excluding hydrogens is 268 g/mol. The summed E-state index contributed by atoms with van der Waals surface area (Å²) in [5.74, 6) is 0.914. The smallest absolute Gasteiger partial charge is 0.119 e. The van der Waals surface area contributed by atoms with Gasteiger partial charge in [-0.25, -0.2) is 4.98 Å². The Hall–Kier alpha value is -1.39. The lowest BCUT2D eigenvalue weighted by molar-refractivity contribution is 0.242. The topological polar surface area (TPSA) is 34.1 Å². The van der Waals surface area contributed by atoms with Gasteiger partial charge in [-0.05, 0) is 44.5 Å². The summed E-state index contributed by atoms with van der Waals surface area (Å²) >= 11 is 1.69. The van der Waals surface area contributed by atoms with Gasteiger partial charge in [0.1, 0.15) is 10.8 Å². The number of aromatic nitrogens is 1. The van der Waals surface area contributed by atoms with Gasteiger partial charge in [0.15, 0.2) is 0 Å². The maximum Gasteiger partial charge on any atom is 0.119 e. The molecule has 1 aromatic heterocycles. The van der Waals surface area contributed by atoms with Crippen LogP contribution in [0.15, 0.2) is 35.8 Å². The first-order chi connectivity index (χ1) is 9.70. The van der Waals surface area contributed by atoms with E-state index in [4.69, 9.17) is 4.74 Å². The van der Waals surface area contributed by atoms with Crippen molar-refractivity contribution in [1.29, 1.82) is 0 Å². The van der Waals surface area contributed by atoms with Gasteiger partial charge in [0.05, 0.1) is 12.1 Å². The van der Waals surface area contributed by atoms with Crippen LogP contribution in [0.4, 0.5) is 0 Å². The summed E-state index contributed by atoms with van der Waals surface area (Å²) in [6, 6.07) is 8.47. The number of rotatable bonds is 7. The summed E-state index contributed by atoms with van der Waals surface area (Å²) in [4.78, 5) is 4.44. The van der Waals surface area contributed by atoms with Crippen molar-refractivity contribution in [3.05, 3.63) is 46.4 Å². The van der Waals surface area contributed by atoms with Gasteiger partial charge >= 0.3 is 0 Å². The van der Waals surface area contributed by atoms with E-state index in [0.29, 0.717) is 0 Å². The largest absolute Gasteiger partial charge is 0.491 e. The second kappa shape index (κ2) is 7.41. The molecule has 0 radical (unpaired) electrons. The highest BCUT2D eigenvalue weighted by molar-refractivity contribution is 7.09. The zero-order valence-electron chi connectivity index (χ0n) is 12.3. The predicted molar refractivity (Wildman–Crippen MR) is 84.5 cm³/mol. The summed E-state index contributed by atoms with van der Waals surface area (Å²) in [6.07, 6.45) is 3.17. The van der Waals surface area contributed by atoms with Gasteiger partial charge in [0.25, 0.3) is 0 Å². The van der Waals surface area contributed by atoms with Crippen molar-refractivity contribution in [2.24, 2.45) is 0 Å². The van der Waals surface area contributed by atoms with E-state index in [1.165, 1.54) is 5.56 Å². The highest BCUT2D eigenvalue weighted by atomic mass is 32.1. The molecule has 4 heteroatoms. The Morgan fingerprint density at radius 2 is 2.00 bits per heavy atom. The molecule has 0 aliphatic rings. The zero-order chi connectivity index (χ0) is 14.4. The highest BCUT2D eigenvalue weighted by Crippen LogP contribution is 2.25. The van der Waals surface area contributed by atoms with Crippen LogP contribution >= 0.6 is 11.3 Å². The van der Waals surface area contributed by atoms with Crippen LogP contribution in [0.25, 0.3) is 0 Å². The Morgan fingerprint density at radius 3 is 2.55 bits per heavy atom. The molecule has 0 bridgehead atoms. The number of thiazole rings is 1. The SMILES string of the molecule is CCCNC(c1ccc(OC(C)C)cc1)c1nccs1. The van der Waals surface area contributed by atoms with Crippen molar-refractivity contribution in [2.75, 3.05) is 6.54 Å². The van der Waals surface area contributed by atoms with Gasteiger partial charge in [-0.3, -0.25) is 0 Å². The monoisotopic (exact) mass is 290 g/mol. The minimum atomic E-state index is 0.169. The minimum absolute atomic E-state index is 0.169. The predicted octanol–water partition coefficient (Wildman–Crippen LogP) is 4.02. The number of hydrogen-bond donors (Lipinski definition) is 1. The lowest BCUT2D eigenvalue weighted by Gasteiger charge is -2.17. The van der Waals surface area contributed by atoms with E-state index >= 15 is 0 Å². The quantitative estimate of drug-likeness (QED) is 0.836. The Balaban J connectivity index is 2.16. The zero-order valence-corrected chi connectivity index (χ0v) is 13.1. The van der Waals surface area contributed by atoms with E-state index < -0.39 is 0 Å². The lowest BCUT2D eigenvalue weighted by atomic mass is 10.1. The van der Waals surface area contributed by atoms with Crippen molar-refractivity contribution in [3.63, 3.8) is 0 Å².